The van der Waals surface area contributed by atoms with Gasteiger partial charge in [-0.1, -0.05) is 23.7 Å². The molecule has 0 radical (unpaired) electrons. The molecule has 1 N–H and O–H groups in total. The molecule has 1 saturated heterocycles. The highest BCUT2D eigenvalue weighted by atomic mass is 35.5. The Labute approximate surface area is 132 Å². The van der Waals surface area contributed by atoms with E-state index in [9.17, 15) is 19.5 Å². The first kappa shape index (κ1) is 16.3. The smallest absolute Gasteiger partial charge is 0.326 e. The molecule has 1 aliphatic heterocycles. The van der Waals surface area contributed by atoms with E-state index < -0.39 is 23.9 Å². The van der Waals surface area contributed by atoms with Gasteiger partial charge in [0.05, 0.1) is 13.0 Å². The van der Waals surface area contributed by atoms with Crippen molar-refractivity contribution < 1.29 is 24.2 Å². The molecule has 0 saturated carbocycles. The van der Waals surface area contributed by atoms with Crippen LogP contribution >= 0.6 is 11.6 Å². The molecular formula is C15H16ClNO5. The van der Waals surface area contributed by atoms with Gasteiger partial charge in [0.2, 0.25) is 5.91 Å². The van der Waals surface area contributed by atoms with Gasteiger partial charge in [0.25, 0.3) is 0 Å². The van der Waals surface area contributed by atoms with Gasteiger partial charge in [0.1, 0.15) is 6.04 Å². The van der Waals surface area contributed by atoms with Crippen molar-refractivity contribution in [2.24, 2.45) is 5.92 Å². The van der Waals surface area contributed by atoms with Crippen LogP contribution in [0.3, 0.4) is 0 Å². The molecule has 0 bridgehead atoms. The van der Waals surface area contributed by atoms with Gasteiger partial charge >= 0.3 is 11.9 Å². The maximum atomic E-state index is 12.0. The van der Waals surface area contributed by atoms with Gasteiger partial charge in [0.15, 0.2) is 0 Å². The lowest BCUT2D eigenvalue weighted by molar-refractivity contribution is -0.148. The van der Waals surface area contributed by atoms with Crippen molar-refractivity contribution in [2.75, 3.05) is 13.7 Å². The first-order chi connectivity index (χ1) is 10.4. The van der Waals surface area contributed by atoms with Crippen LogP contribution in [0.1, 0.15) is 12.0 Å². The van der Waals surface area contributed by atoms with E-state index in [1.165, 1.54) is 12.0 Å². The third kappa shape index (κ3) is 3.57. The van der Waals surface area contributed by atoms with Gasteiger partial charge in [-0.2, -0.15) is 0 Å². The second-order valence-corrected chi connectivity index (χ2v) is 5.59. The van der Waals surface area contributed by atoms with Crippen LogP contribution in [0, 0.1) is 5.92 Å². The van der Waals surface area contributed by atoms with Crippen LogP contribution in [0.15, 0.2) is 24.3 Å². The number of carboxylic acids is 1. The van der Waals surface area contributed by atoms with Crippen molar-refractivity contribution >= 4 is 29.4 Å². The molecule has 0 aromatic heterocycles. The van der Waals surface area contributed by atoms with Crippen molar-refractivity contribution in [3.8, 4) is 0 Å². The highest BCUT2D eigenvalue weighted by Gasteiger charge is 2.40. The zero-order valence-electron chi connectivity index (χ0n) is 12.0. The minimum absolute atomic E-state index is 0.0168. The molecule has 1 aliphatic rings. The number of rotatable bonds is 5. The number of aliphatic carboxylic acids is 1. The summed E-state index contributed by atoms with van der Waals surface area (Å²) < 4.78 is 4.62. The van der Waals surface area contributed by atoms with Crippen molar-refractivity contribution in [1.29, 1.82) is 0 Å². The lowest BCUT2D eigenvalue weighted by Gasteiger charge is -2.24. The number of ether oxygens (including phenoxy) is 1. The normalized spacial score (nSPS) is 19.1. The fraction of sp³-hybridized carbons (Fsp3) is 0.400. The minimum Gasteiger partial charge on any atom is -0.480 e. The summed E-state index contributed by atoms with van der Waals surface area (Å²) in [7, 11) is 1.25. The average molecular weight is 326 g/mol. The lowest BCUT2D eigenvalue weighted by Crippen LogP contribution is -2.44. The second-order valence-electron chi connectivity index (χ2n) is 5.15. The van der Waals surface area contributed by atoms with E-state index >= 15 is 0 Å². The Hall–Kier alpha value is -2.08. The summed E-state index contributed by atoms with van der Waals surface area (Å²) in [6, 6.07) is 5.76. The molecule has 1 heterocycles. The monoisotopic (exact) mass is 325 g/mol. The van der Waals surface area contributed by atoms with Gasteiger partial charge < -0.3 is 14.7 Å². The van der Waals surface area contributed by atoms with Gasteiger partial charge in [-0.25, -0.2) is 4.79 Å². The van der Waals surface area contributed by atoms with Crippen LogP contribution in [0.4, 0.5) is 0 Å². The summed E-state index contributed by atoms with van der Waals surface area (Å²) in [6.07, 6.45) is 0.142. The van der Waals surface area contributed by atoms with Crippen molar-refractivity contribution in [2.45, 2.75) is 18.9 Å². The molecule has 0 spiro atoms. The Morgan fingerprint density at radius 1 is 1.41 bits per heavy atom. The van der Waals surface area contributed by atoms with Gasteiger partial charge in [0, 0.05) is 24.4 Å². The Morgan fingerprint density at radius 2 is 2.05 bits per heavy atom. The van der Waals surface area contributed by atoms with Crippen LogP contribution in [-0.4, -0.2) is 47.5 Å². The number of hydrogen-bond acceptors (Lipinski definition) is 4. The number of methoxy groups -OCH3 is 1. The second kappa shape index (κ2) is 6.79. The van der Waals surface area contributed by atoms with E-state index in [4.69, 9.17) is 11.6 Å². The molecule has 1 aromatic carbocycles. The summed E-state index contributed by atoms with van der Waals surface area (Å²) in [6.45, 7) is 0.0655. The summed E-state index contributed by atoms with van der Waals surface area (Å²) in [5.41, 5.74) is 0.756. The van der Waals surface area contributed by atoms with E-state index in [2.05, 4.69) is 4.74 Å². The third-order valence-corrected chi connectivity index (χ3v) is 3.95. The number of hydrogen-bond donors (Lipinski definition) is 1. The molecule has 2 rings (SSSR count). The van der Waals surface area contributed by atoms with Crippen molar-refractivity contribution in [3.63, 3.8) is 0 Å². The van der Waals surface area contributed by atoms with Gasteiger partial charge in [-0.15, -0.1) is 0 Å². The predicted molar refractivity (Wildman–Crippen MR) is 78.4 cm³/mol. The van der Waals surface area contributed by atoms with Crippen LogP contribution in [0.25, 0.3) is 0 Å². The number of likely N-dealkylation sites (tertiary alicyclic amines) is 1. The number of carbonyl (C=O) groups excluding carboxylic acids is 2. The van der Waals surface area contributed by atoms with Crippen LogP contribution < -0.4 is 0 Å². The van der Waals surface area contributed by atoms with E-state index in [0.29, 0.717) is 5.02 Å². The fourth-order valence-electron chi connectivity index (χ4n) is 2.53. The number of nitrogens with zero attached hydrogens (tertiary/aromatic N) is 1. The van der Waals surface area contributed by atoms with E-state index in [1.54, 1.807) is 24.3 Å². The Kier molecular flexibility index (Phi) is 5.03. The highest BCUT2D eigenvalue weighted by molar-refractivity contribution is 6.30. The zero-order chi connectivity index (χ0) is 16.3. The average Bonchev–Trinajstić information content (AvgIpc) is 2.87. The molecule has 7 heteroatoms. The number of carboxylic acid groups (broad SMARTS) is 1. The number of benzene rings is 1. The summed E-state index contributed by atoms with van der Waals surface area (Å²) in [5, 5.41) is 9.97. The molecule has 2 atom stereocenters. The summed E-state index contributed by atoms with van der Waals surface area (Å²) >= 11 is 5.80. The van der Waals surface area contributed by atoms with Crippen molar-refractivity contribution in [1.82, 2.24) is 4.90 Å². The third-order valence-electron chi connectivity index (χ3n) is 3.70. The van der Waals surface area contributed by atoms with Gasteiger partial charge in [-0.05, 0) is 17.7 Å². The van der Waals surface area contributed by atoms with Crippen LogP contribution in [0.5, 0.6) is 0 Å². The van der Waals surface area contributed by atoms with E-state index in [-0.39, 0.29) is 25.3 Å². The molecule has 118 valence electrons. The zero-order valence-corrected chi connectivity index (χ0v) is 12.7. The number of esters is 1. The van der Waals surface area contributed by atoms with Crippen molar-refractivity contribution in [3.05, 3.63) is 34.9 Å². The minimum atomic E-state index is -1.10. The quantitative estimate of drug-likeness (QED) is 0.826. The molecular weight excluding hydrogens is 310 g/mol. The van der Waals surface area contributed by atoms with Gasteiger partial charge in [-0.3, -0.25) is 9.59 Å². The first-order valence-electron chi connectivity index (χ1n) is 6.77. The molecule has 1 amide bonds. The topological polar surface area (TPSA) is 83.9 Å². The number of halogens is 1. The van der Waals surface area contributed by atoms with Crippen LogP contribution in [0.2, 0.25) is 5.02 Å². The lowest BCUT2D eigenvalue weighted by atomic mass is 10.0. The molecule has 2 unspecified atom stereocenters. The maximum Gasteiger partial charge on any atom is 0.326 e. The Balaban J connectivity index is 2.14. The van der Waals surface area contributed by atoms with E-state index in [1.807, 2.05) is 0 Å². The van der Waals surface area contributed by atoms with Crippen LogP contribution in [-0.2, 0) is 25.5 Å². The Bertz CT molecular complexity index is 586. The predicted octanol–water partition coefficient (Wildman–Crippen LogP) is 1.36. The fourth-order valence-corrected chi connectivity index (χ4v) is 2.66. The molecule has 22 heavy (non-hydrogen) atoms. The molecule has 0 aliphatic carbocycles. The number of carbonyl (C=O) groups is 3. The molecule has 6 nitrogen and oxygen atoms in total. The maximum absolute atomic E-state index is 12.0. The summed E-state index contributed by atoms with van der Waals surface area (Å²) in [4.78, 5) is 36.3. The first-order valence-corrected chi connectivity index (χ1v) is 7.14. The SMILES string of the molecule is COC(=O)C1CC(=O)N(C(Cc2ccc(Cl)cc2)C(=O)O)C1. The summed E-state index contributed by atoms with van der Waals surface area (Å²) in [5.74, 6) is -2.55. The number of amides is 1. The Morgan fingerprint density at radius 3 is 2.59 bits per heavy atom. The van der Waals surface area contributed by atoms with E-state index in [0.717, 1.165) is 5.56 Å². The standard InChI is InChI=1S/C15H16ClNO5/c1-22-15(21)10-7-13(18)17(8-10)12(14(19)20)6-9-2-4-11(16)5-3-9/h2-5,10,12H,6-8H2,1H3,(H,19,20). The molecule has 1 aromatic rings. The highest BCUT2D eigenvalue weighted by Crippen LogP contribution is 2.23. The molecule has 1 fully saturated rings. The largest absolute Gasteiger partial charge is 0.480 e.